The Labute approximate surface area is 218 Å². The fraction of sp³-hybridized carbons (Fsp3) is 0.357. The van der Waals surface area contributed by atoms with Gasteiger partial charge in [0.1, 0.15) is 5.75 Å². The Morgan fingerprint density at radius 3 is 2.73 bits per heavy atom. The molecule has 0 saturated heterocycles. The first kappa shape index (κ1) is 25.1. The van der Waals surface area contributed by atoms with Crippen LogP contribution in [0.4, 0.5) is 0 Å². The van der Waals surface area contributed by atoms with Crippen LogP contribution in [0.5, 0.6) is 5.75 Å². The number of rotatable bonds is 6. The van der Waals surface area contributed by atoms with Crippen molar-refractivity contribution in [1.29, 1.82) is 0 Å². The van der Waals surface area contributed by atoms with Crippen molar-refractivity contribution < 1.29 is 28.9 Å². The lowest BCUT2D eigenvalue weighted by atomic mass is 9.89. The van der Waals surface area contributed by atoms with Gasteiger partial charge in [0.2, 0.25) is 5.01 Å². The highest BCUT2D eigenvalue weighted by Crippen LogP contribution is 2.46. The summed E-state index contributed by atoms with van der Waals surface area (Å²) in [5.74, 6) is -0.868. The number of benzene rings is 2. The average Bonchev–Trinajstić information content (AvgIpc) is 3.26. The standard InChI is InChI=1S/C28H28N2O6S/c1-6-34-27(33)23(36-28(3,4)5)19-14(2)13-17-24(37-25(30-17)26(31)32)21(19)16-7-8-18-20-15(10-12-35-18)9-11-29-22(16)20/h7-9,11,13,23H,6,10,12H2,1-5H3,(H,31,32). The van der Waals surface area contributed by atoms with E-state index >= 15 is 0 Å². The quantitative estimate of drug-likeness (QED) is 0.314. The van der Waals surface area contributed by atoms with Gasteiger partial charge >= 0.3 is 11.9 Å². The normalized spacial score (nSPS) is 14.0. The van der Waals surface area contributed by atoms with E-state index in [2.05, 4.69) is 4.98 Å². The van der Waals surface area contributed by atoms with Crippen molar-refractivity contribution in [3.8, 4) is 16.9 Å². The molecule has 1 aliphatic rings. The molecule has 0 aliphatic carbocycles. The van der Waals surface area contributed by atoms with Crippen LogP contribution in [0.2, 0.25) is 0 Å². The monoisotopic (exact) mass is 520 g/mol. The molecule has 3 heterocycles. The largest absolute Gasteiger partial charge is 0.493 e. The van der Waals surface area contributed by atoms with Crippen molar-refractivity contribution in [3.05, 3.63) is 52.2 Å². The number of esters is 1. The summed E-state index contributed by atoms with van der Waals surface area (Å²) >= 11 is 1.07. The van der Waals surface area contributed by atoms with Gasteiger partial charge in [-0.3, -0.25) is 4.98 Å². The van der Waals surface area contributed by atoms with Crippen LogP contribution in [0.15, 0.2) is 30.5 Å². The maximum atomic E-state index is 13.3. The molecule has 0 radical (unpaired) electrons. The van der Waals surface area contributed by atoms with Crippen molar-refractivity contribution in [2.45, 2.75) is 52.7 Å². The number of carboxylic acid groups (broad SMARTS) is 1. The number of pyridine rings is 1. The van der Waals surface area contributed by atoms with Gasteiger partial charge in [0.15, 0.2) is 6.10 Å². The summed E-state index contributed by atoms with van der Waals surface area (Å²) < 4.78 is 18.3. The Bertz CT molecular complexity index is 1540. The third kappa shape index (κ3) is 4.53. The van der Waals surface area contributed by atoms with Crippen molar-refractivity contribution >= 4 is 44.4 Å². The zero-order valence-electron chi connectivity index (χ0n) is 21.4. The molecule has 192 valence electrons. The lowest BCUT2D eigenvalue weighted by Crippen LogP contribution is -2.29. The lowest BCUT2D eigenvalue weighted by Gasteiger charge is -2.29. The topological polar surface area (TPSA) is 108 Å². The number of hydrogen-bond acceptors (Lipinski definition) is 8. The summed E-state index contributed by atoms with van der Waals surface area (Å²) in [5, 5.41) is 10.6. The molecule has 8 nitrogen and oxygen atoms in total. The Morgan fingerprint density at radius 2 is 2.03 bits per heavy atom. The Hall–Kier alpha value is -3.56. The number of nitrogens with zero attached hydrogens (tertiary/aromatic N) is 2. The fourth-order valence-corrected chi connectivity index (χ4v) is 5.76. The Balaban J connectivity index is 1.90. The first-order valence-corrected chi connectivity index (χ1v) is 13.0. The maximum Gasteiger partial charge on any atom is 0.365 e. The highest BCUT2D eigenvalue weighted by atomic mass is 32.1. The number of thiazole rings is 1. The molecular formula is C28H28N2O6S. The van der Waals surface area contributed by atoms with Crippen LogP contribution >= 0.6 is 11.3 Å². The number of aromatic carboxylic acids is 1. The SMILES string of the molecule is CCOC(=O)C(OC(C)(C)C)c1c(C)cc2nc(C(=O)O)sc2c1-c1ccc2c3c(ccnc13)CCO2. The second-order valence-electron chi connectivity index (χ2n) is 9.92. The number of carbonyl (C=O) groups is 2. The van der Waals surface area contributed by atoms with E-state index in [1.54, 1.807) is 19.2 Å². The molecule has 0 fully saturated rings. The van der Waals surface area contributed by atoms with E-state index in [-0.39, 0.29) is 11.6 Å². The van der Waals surface area contributed by atoms with Crippen molar-refractivity contribution in [2.24, 2.45) is 0 Å². The summed E-state index contributed by atoms with van der Waals surface area (Å²) in [7, 11) is 0. The summed E-state index contributed by atoms with van der Waals surface area (Å²) in [6.45, 7) is 10.0. The van der Waals surface area contributed by atoms with E-state index in [9.17, 15) is 14.7 Å². The predicted octanol–water partition coefficient (Wildman–Crippen LogP) is 5.87. The van der Waals surface area contributed by atoms with Crippen LogP contribution in [0, 0.1) is 6.92 Å². The first-order valence-electron chi connectivity index (χ1n) is 12.1. The van der Waals surface area contributed by atoms with Crippen LogP contribution in [-0.4, -0.2) is 45.8 Å². The van der Waals surface area contributed by atoms with Gasteiger partial charge in [0.25, 0.3) is 0 Å². The van der Waals surface area contributed by atoms with Crippen LogP contribution in [0.1, 0.15) is 60.3 Å². The molecule has 2 aromatic heterocycles. The van der Waals surface area contributed by atoms with Gasteiger partial charge in [0.05, 0.1) is 34.5 Å². The van der Waals surface area contributed by atoms with E-state index in [1.807, 2.05) is 45.9 Å². The van der Waals surface area contributed by atoms with Crippen molar-refractivity contribution in [1.82, 2.24) is 9.97 Å². The molecule has 2 aromatic carbocycles. The zero-order chi connectivity index (χ0) is 26.5. The number of hydrogen-bond donors (Lipinski definition) is 1. The average molecular weight is 521 g/mol. The van der Waals surface area contributed by atoms with Crippen molar-refractivity contribution in [2.75, 3.05) is 13.2 Å². The Kier molecular flexibility index (Phi) is 6.37. The molecule has 0 amide bonds. The summed E-state index contributed by atoms with van der Waals surface area (Å²) in [5.41, 5.74) is 4.49. The van der Waals surface area contributed by atoms with Crippen LogP contribution < -0.4 is 4.74 Å². The highest BCUT2D eigenvalue weighted by molar-refractivity contribution is 7.20. The van der Waals surface area contributed by atoms with Crippen LogP contribution in [-0.2, 0) is 20.7 Å². The zero-order valence-corrected chi connectivity index (χ0v) is 22.2. The number of carboxylic acids is 1. The summed E-state index contributed by atoms with van der Waals surface area (Å²) in [4.78, 5) is 34.3. The molecule has 0 bridgehead atoms. The number of carbonyl (C=O) groups excluding carboxylic acids is 1. The van der Waals surface area contributed by atoms with E-state index in [4.69, 9.17) is 19.2 Å². The van der Waals surface area contributed by atoms with Gasteiger partial charge in [-0.1, -0.05) is 0 Å². The number of aromatic nitrogens is 2. The molecule has 1 aliphatic heterocycles. The minimum atomic E-state index is -1.11. The molecule has 9 heteroatoms. The molecule has 5 rings (SSSR count). The highest BCUT2D eigenvalue weighted by Gasteiger charge is 2.34. The third-order valence-corrected chi connectivity index (χ3v) is 7.26. The van der Waals surface area contributed by atoms with E-state index in [0.29, 0.717) is 33.5 Å². The number of aryl methyl sites for hydroxylation is 1. The van der Waals surface area contributed by atoms with Crippen molar-refractivity contribution in [3.63, 3.8) is 0 Å². The molecule has 0 spiro atoms. The number of ether oxygens (including phenoxy) is 3. The number of fused-ring (bicyclic) bond motifs is 1. The van der Waals surface area contributed by atoms with Gasteiger partial charge in [-0.25, -0.2) is 14.6 Å². The molecule has 0 saturated carbocycles. The minimum Gasteiger partial charge on any atom is -0.493 e. The smallest absolute Gasteiger partial charge is 0.365 e. The molecule has 1 N–H and O–H groups in total. The maximum absolute atomic E-state index is 13.3. The molecule has 1 atom stereocenters. The Morgan fingerprint density at radius 1 is 1.24 bits per heavy atom. The molecule has 1 unspecified atom stereocenters. The predicted molar refractivity (Wildman–Crippen MR) is 141 cm³/mol. The second-order valence-corrected chi connectivity index (χ2v) is 10.9. The van der Waals surface area contributed by atoms with E-state index in [1.165, 1.54) is 0 Å². The van der Waals surface area contributed by atoms with E-state index in [0.717, 1.165) is 45.6 Å². The van der Waals surface area contributed by atoms with Gasteiger partial charge in [-0.2, -0.15) is 0 Å². The van der Waals surface area contributed by atoms with Crippen LogP contribution in [0.3, 0.4) is 0 Å². The fourth-order valence-electron chi connectivity index (χ4n) is 4.81. The molecule has 37 heavy (non-hydrogen) atoms. The second kappa shape index (κ2) is 9.39. The lowest BCUT2D eigenvalue weighted by molar-refractivity contribution is -0.166. The summed E-state index contributed by atoms with van der Waals surface area (Å²) in [6.07, 6.45) is 1.48. The van der Waals surface area contributed by atoms with E-state index < -0.39 is 23.6 Å². The minimum absolute atomic E-state index is 0.0313. The van der Waals surface area contributed by atoms with Gasteiger partial charge < -0.3 is 19.3 Å². The van der Waals surface area contributed by atoms with Gasteiger partial charge in [0, 0.05) is 34.7 Å². The van der Waals surface area contributed by atoms with Crippen LogP contribution in [0.25, 0.3) is 32.2 Å². The molecule has 4 aromatic rings. The first-order chi connectivity index (χ1) is 17.6. The summed E-state index contributed by atoms with van der Waals surface area (Å²) in [6, 6.07) is 7.61. The third-order valence-electron chi connectivity index (χ3n) is 6.18. The molecular weight excluding hydrogens is 492 g/mol. The van der Waals surface area contributed by atoms with Gasteiger partial charge in [-0.05, 0) is 70.0 Å². The van der Waals surface area contributed by atoms with Gasteiger partial charge in [-0.15, -0.1) is 11.3 Å².